The van der Waals surface area contributed by atoms with Gasteiger partial charge < -0.3 is 10.1 Å². The lowest BCUT2D eigenvalue weighted by molar-refractivity contribution is -0.142. The van der Waals surface area contributed by atoms with Crippen LogP contribution in [-0.2, 0) is 9.53 Å². The molecule has 4 heteroatoms. The zero-order chi connectivity index (χ0) is 10.7. The lowest BCUT2D eigenvalue weighted by Crippen LogP contribution is -2.31. The fourth-order valence-corrected chi connectivity index (χ4v) is 1.93. The minimum atomic E-state index is -0.179. The summed E-state index contributed by atoms with van der Waals surface area (Å²) in [6.07, 6.45) is 4.40. The van der Waals surface area contributed by atoms with Crippen LogP contribution in [-0.4, -0.2) is 30.6 Å². The first-order valence-electron chi connectivity index (χ1n) is 5.02. The summed E-state index contributed by atoms with van der Waals surface area (Å²) in [6.45, 7) is 0.811. The smallest absolute Gasteiger partial charge is 0.322 e. The van der Waals surface area contributed by atoms with Crippen molar-refractivity contribution in [2.75, 3.05) is 13.7 Å². The number of carbonyl (C=O) groups excluding carboxylic acids is 1. The first-order valence-corrected chi connectivity index (χ1v) is 5.02. The molecule has 0 amide bonds. The lowest BCUT2D eigenvalue weighted by atomic mass is 9.98. The number of methoxy groups -OCH3 is 1. The molecule has 1 N–H and O–H groups in total. The van der Waals surface area contributed by atoms with Gasteiger partial charge in [0.05, 0.1) is 7.11 Å². The Labute approximate surface area is 88.7 Å². The molecule has 1 aliphatic heterocycles. The molecule has 1 aliphatic rings. The van der Waals surface area contributed by atoms with Crippen molar-refractivity contribution >= 4 is 5.97 Å². The Balaban J connectivity index is 2.02. The fraction of sp³-hybridized carbons (Fsp3) is 0.455. The molecule has 80 valence electrons. The Hall–Kier alpha value is -1.42. The standard InChI is InChI=1S/C11H14N2O2/c1-15-11(14)10-5-9(7-13-10)8-3-2-4-12-6-8/h2-4,6,9-10,13H,5,7H2,1H3. The van der Waals surface area contributed by atoms with Crippen LogP contribution in [0.2, 0.25) is 0 Å². The summed E-state index contributed by atoms with van der Waals surface area (Å²) >= 11 is 0. The Morgan fingerprint density at radius 2 is 2.53 bits per heavy atom. The van der Waals surface area contributed by atoms with E-state index in [9.17, 15) is 4.79 Å². The second-order valence-electron chi connectivity index (χ2n) is 3.70. The van der Waals surface area contributed by atoms with Crippen molar-refractivity contribution in [1.29, 1.82) is 0 Å². The molecule has 15 heavy (non-hydrogen) atoms. The number of ether oxygens (including phenoxy) is 1. The van der Waals surface area contributed by atoms with E-state index in [1.54, 1.807) is 6.20 Å². The molecule has 4 nitrogen and oxygen atoms in total. The maximum absolute atomic E-state index is 11.3. The Morgan fingerprint density at radius 3 is 3.20 bits per heavy atom. The van der Waals surface area contributed by atoms with Gasteiger partial charge in [0.25, 0.3) is 0 Å². The van der Waals surface area contributed by atoms with Gasteiger partial charge in [0.1, 0.15) is 6.04 Å². The van der Waals surface area contributed by atoms with E-state index in [2.05, 4.69) is 10.3 Å². The molecule has 2 unspecified atom stereocenters. The van der Waals surface area contributed by atoms with Crippen LogP contribution in [0.1, 0.15) is 17.9 Å². The predicted molar refractivity (Wildman–Crippen MR) is 55.4 cm³/mol. The topological polar surface area (TPSA) is 51.2 Å². The van der Waals surface area contributed by atoms with E-state index < -0.39 is 0 Å². The van der Waals surface area contributed by atoms with Crippen molar-refractivity contribution in [1.82, 2.24) is 10.3 Å². The average Bonchev–Trinajstić information content (AvgIpc) is 2.78. The normalized spacial score (nSPS) is 25.1. The van der Waals surface area contributed by atoms with Crippen LogP contribution in [0.15, 0.2) is 24.5 Å². The Kier molecular flexibility index (Phi) is 2.97. The molecule has 0 aromatic carbocycles. The summed E-state index contributed by atoms with van der Waals surface area (Å²) in [6, 6.07) is 3.79. The molecule has 0 radical (unpaired) electrons. The largest absolute Gasteiger partial charge is 0.468 e. The molecular formula is C11H14N2O2. The molecule has 1 aromatic rings. The minimum absolute atomic E-state index is 0.166. The van der Waals surface area contributed by atoms with E-state index in [-0.39, 0.29) is 12.0 Å². The van der Waals surface area contributed by atoms with Crippen LogP contribution in [0.5, 0.6) is 0 Å². The van der Waals surface area contributed by atoms with Gasteiger partial charge in [-0.05, 0) is 24.0 Å². The van der Waals surface area contributed by atoms with E-state index in [0.717, 1.165) is 13.0 Å². The first kappa shape index (κ1) is 10.1. The van der Waals surface area contributed by atoms with Crippen LogP contribution in [0.3, 0.4) is 0 Å². The summed E-state index contributed by atoms with van der Waals surface area (Å²) in [5.41, 5.74) is 1.18. The zero-order valence-corrected chi connectivity index (χ0v) is 8.64. The molecule has 0 aliphatic carbocycles. The van der Waals surface area contributed by atoms with Gasteiger partial charge in [-0.25, -0.2) is 0 Å². The van der Waals surface area contributed by atoms with Crippen molar-refractivity contribution in [3.8, 4) is 0 Å². The third-order valence-corrected chi connectivity index (χ3v) is 2.77. The van der Waals surface area contributed by atoms with Gasteiger partial charge in [-0.1, -0.05) is 6.07 Å². The molecule has 1 aromatic heterocycles. The highest BCUT2D eigenvalue weighted by Gasteiger charge is 2.30. The van der Waals surface area contributed by atoms with E-state index in [0.29, 0.717) is 5.92 Å². The number of carbonyl (C=O) groups is 1. The van der Waals surface area contributed by atoms with Gasteiger partial charge in [-0.15, -0.1) is 0 Å². The third kappa shape index (κ3) is 2.15. The van der Waals surface area contributed by atoms with Crippen LogP contribution in [0.25, 0.3) is 0 Å². The van der Waals surface area contributed by atoms with Crippen molar-refractivity contribution < 1.29 is 9.53 Å². The molecule has 2 rings (SSSR count). The number of nitrogens with one attached hydrogen (secondary N) is 1. The number of hydrogen-bond donors (Lipinski definition) is 1. The molecular weight excluding hydrogens is 192 g/mol. The predicted octanol–water partition coefficient (Wildman–Crippen LogP) is 0.700. The molecule has 1 saturated heterocycles. The molecule has 0 saturated carbocycles. The van der Waals surface area contributed by atoms with Gasteiger partial charge in [0.15, 0.2) is 0 Å². The number of rotatable bonds is 2. The SMILES string of the molecule is COC(=O)C1CC(c2cccnc2)CN1. The number of esters is 1. The monoisotopic (exact) mass is 206 g/mol. The minimum Gasteiger partial charge on any atom is -0.468 e. The maximum atomic E-state index is 11.3. The molecule has 1 fully saturated rings. The van der Waals surface area contributed by atoms with Gasteiger partial charge in [-0.3, -0.25) is 9.78 Å². The van der Waals surface area contributed by atoms with E-state index in [1.807, 2.05) is 18.3 Å². The molecule has 2 atom stereocenters. The quantitative estimate of drug-likeness (QED) is 0.724. The maximum Gasteiger partial charge on any atom is 0.322 e. The highest BCUT2D eigenvalue weighted by molar-refractivity contribution is 5.76. The summed E-state index contributed by atoms with van der Waals surface area (Å²) in [5, 5.41) is 3.15. The summed E-state index contributed by atoms with van der Waals surface area (Å²) in [5.74, 6) is 0.184. The van der Waals surface area contributed by atoms with Gasteiger partial charge in [0.2, 0.25) is 0 Å². The van der Waals surface area contributed by atoms with Crippen LogP contribution in [0, 0.1) is 0 Å². The van der Waals surface area contributed by atoms with Crippen LogP contribution in [0.4, 0.5) is 0 Å². The number of aromatic nitrogens is 1. The molecule has 0 spiro atoms. The summed E-state index contributed by atoms with van der Waals surface area (Å²) in [4.78, 5) is 15.4. The number of nitrogens with zero attached hydrogens (tertiary/aromatic N) is 1. The molecule has 2 heterocycles. The van der Waals surface area contributed by atoms with Crippen LogP contribution >= 0.6 is 0 Å². The van der Waals surface area contributed by atoms with Crippen molar-refractivity contribution in [2.24, 2.45) is 0 Å². The number of pyridine rings is 1. The second-order valence-corrected chi connectivity index (χ2v) is 3.70. The first-order chi connectivity index (χ1) is 7.31. The van der Waals surface area contributed by atoms with Gasteiger partial charge in [-0.2, -0.15) is 0 Å². The highest BCUT2D eigenvalue weighted by Crippen LogP contribution is 2.25. The highest BCUT2D eigenvalue weighted by atomic mass is 16.5. The van der Waals surface area contributed by atoms with Gasteiger partial charge in [0, 0.05) is 18.9 Å². The Morgan fingerprint density at radius 1 is 1.67 bits per heavy atom. The summed E-state index contributed by atoms with van der Waals surface area (Å²) < 4.78 is 4.70. The van der Waals surface area contributed by atoms with E-state index in [1.165, 1.54) is 12.7 Å². The summed E-state index contributed by atoms with van der Waals surface area (Å²) in [7, 11) is 1.42. The van der Waals surface area contributed by atoms with E-state index >= 15 is 0 Å². The van der Waals surface area contributed by atoms with Crippen molar-refractivity contribution in [2.45, 2.75) is 18.4 Å². The zero-order valence-electron chi connectivity index (χ0n) is 8.64. The molecule has 0 bridgehead atoms. The van der Waals surface area contributed by atoms with Crippen molar-refractivity contribution in [3.63, 3.8) is 0 Å². The lowest BCUT2D eigenvalue weighted by Gasteiger charge is -2.08. The van der Waals surface area contributed by atoms with Gasteiger partial charge >= 0.3 is 5.97 Å². The second kappa shape index (κ2) is 4.40. The van der Waals surface area contributed by atoms with Crippen molar-refractivity contribution in [3.05, 3.63) is 30.1 Å². The fourth-order valence-electron chi connectivity index (χ4n) is 1.93. The number of hydrogen-bond acceptors (Lipinski definition) is 4. The Bertz CT molecular complexity index is 340. The van der Waals surface area contributed by atoms with E-state index in [4.69, 9.17) is 4.74 Å². The average molecular weight is 206 g/mol. The van der Waals surface area contributed by atoms with Crippen LogP contribution < -0.4 is 5.32 Å². The third-order valence-electron chi connectivity index (χ3n) is 2.77.